The second kappa shape index (κ2) is 10.00. The number of rotatable bonds is 7. The maximum absolute atomic E-state index is 12.2. The second-order valence-electron chi connectivity index (χ2n) is 5.94. The van der Waals surface area contributed by atoms with Crippen molar-refractivity contribution in [3.05, 3.63) is 64.5 Å². The zero-order valence-electron chi connectivity index (χ0n) is 14.5. The van der Waals surface area contributed by atoms with Gasteiger partial charge in [0.1, 0.15) is 11.3 Å². The molecule has 0 aliphatic rings. The van der Waals surface area contributed by atoms with Gasteiger partial charge in [0, 0.05) is 42.8 Å². The Kier molecular flexibility index (Phi) is 7.99. The minimum Gasteiger partial charge on any atom is -0.507 e. The van der Waals surface area contributed by atoms with E-state index in [2.05, 4.69) is 0 Å². The summed E-state index contributed by atoms with van der Waals surface area (Å²) in [6, 6.07) is 14.5. The van der Waals surface area contributed by atoms with Crippen molar-refractivity contribution in [3.63, 3.8) is 0 Å². The summed E-state index contributed by atoms with van der Waals surface area (Å²) in [5.41, 5.74) is 2.20. The summed E-state index contributed by atoms with van der Waals surface area (Å²) in [6.07, 6.45) is 0. The Hall–Kier alpha value is -1.72. The van der Waals surface area contributed by atoms with Gasteiger partial charge in [0.2, 0.25) is 0 Å². The Labute approximate surface area is 173 Å². The molecule has 0 atom stereocenters. The molecule has 7 heteroatoms. The topological polar surface area (TPSA) is 53.7 Å². The fourth-order valence-corrected chi connectivity index (χ4v) is 3.49. The average Bonchev–Trinajstić information content (AvgIpc) is 2.64. The fourth-order valence-electron chi connectivity index (χ4n) is 3.01. The summed E-state index contributed by atoms with van der Waals surface area (Å²) in [5, 5.41) is 11.2. The molecular weight excluding hydrogens is 409 g/mol. The van der Waals surface area contributed by atoms with E-state index in [9.17, 15) is 9.90 Å². The van der Waals surface area contributed by atoms with Gasteiger partial charge in [0.15, 0.2) is 0 Å². The van der Waals surface area contributed by atoms with E-state index in [0.717, 1.165) is 16.5 Å². The summed E-state index contributed by atoms with van der Waals surface area (Å²) in [6.45, 7) is 1.63. The number of hydrogen-bond donors (Lipinski definition) is 1. The summed E-state index contributed by atoms with van der Waals surface area (Å²) < 4.78 is 5.48. The highest BCUT2D eigenvalue weighted by molar-refractivity contribution is 6.18. The molecule has 0 radical (unpaired) electrons. The van der Waals surface area contributed by atoms with Gasteiger partial charge in [0.25, 0.3) is 0 Å². The molecule has 0 amide bonds. The second-order valence-corrected chi connectivity index (χ2v) is 6.70. The van der Waals surface area contributed by atoms with Crippen LogP contribution in [-0.4, -0.2) is 34.9 Å². The predicted octanol–water partition coefficient (Wildman–Crippen LogP) is 4.87. The minimum absolute atomic E-state index is 0. The lowest BCUT2D eigenvalue weighted by Gasteiger charge is -2.21. The van der Waals surface area contributed by atoms with Crippen LogP contribution in [0.3, 0.4) is 0 Å². The zero-order valence-corrected chi connectivity index (χ0v) is 16.9. The number of phenols is 1. The van der Waals surface area contributed by atoms with E-state index in [1.807, 2.05) is 35.2 Å². The van der Waals surface area contributed by atoms with Gasteiger partial charge < -0.3 is 9.52 Å². The molecule has 0 fully saturated rings. The zero-order chi connectivity index (χ0) is 18.5. The molecule has 27 heavy (non-hydrogen) atoms. The van der Waals surface area contributed by atoms with Crippen LogP contribution in [0.5, 0.6) is 5.75 Å². The van der Waals surface area contributed by atoms with E-state index >= 15 is 0 Å². The number of halogens is 3. The number of benzene rings is 2. The molecule has 0 saturated heterocycles. The molecule has 0 spiro atoms. The molecular formula is C20H20Cl3NO3. The molecule has 3 rings (SSSR count). The van der Waals surface area contributed by atoms with Gasteiger partial charge >= 0.3 is 5.63 Å². The molecule has 1 aromatic heterocycles. The summed E-state index contributed by atoms with van der Waals surface area (Å²) in [5.74, 6) is 0.975. The first-order valence-electron chi connectivity index (χ1n) is 8.32. The number of fused-ring (bicyclic) bond motifs is 1. The largest absolute Gasteiger partial charge is 0.507 e. The van der Waals surface area contributed by atoms with Crippen LogP contribution in [0.1, 0.15) is 5.56 Å². The van der Waals surface area contributed by atoms with Crippen molar-refractivity contribution >= 4 is 46.6 Å². The van der Waals surface area contributed by atoms with E-state index < -0.39 is 5.63 Å². The highest BCUT2D eigenvalue weighted by Crippen LogP contribution is 2.33. The van der Waals surface area contributed by atoms with Gasteiger partial charge in [-0.2, -0.15) is 0 Å². The Bertz CT molecular complexity index is 938. The van der Waals surface area contributed by atoms with Gasteiger partial charge in [-0.15, -0.1) is 35.6 Å². The van der Waals surface area contributed by atoms with Crippen LogP contribution in [0.4, 0.5) is 0 Å². The van der Waals surface area contributed by atoms with Crippen molar-refractivity contribution < 1.29 is 9.52 Å². The Morgan fingerprint density at radius 3 is 2.30 bits per heavy atom. The third-order valence-corrected chi connectivity index (χ3v) is 4.60. The highest BCUT2D eigenvalue weighted by atomic mass is 35.5. The number of aromatic hydroxyl groups is 1. The van der Waals surface area contributed by atoms with Crippen molar-refractivity contribution in [1.29, 1.82) is 0 Å². The first-order valence-corrected chi connectivity index (χ1v) is 9.39. The molecule has 1 N–H and O–H groups in total. The average molecular weight is 429 g/mol. The molecule has 144 valence electrons. The van der Waals surface area contributed by atoms with E-state index in [1.54, 1.807) is 12.1 Å². The maximum Gasteiger partial charge on any atom is 0.336 e. The standard InChI is InChI=1S/C20H19Cl2NO3.ClH/c21-8-10-23(11-9-22)13-17-18(24)7-6-15-16(12-19(25)26-20(15)17)14-4-2-1-3-5-14;/h1-7,12,24H,8-11,13H2;1H. The quantitative estimate of drug-likeness (QED) is 0.431. The van der Waals surface area contributed by atoms with Crippen molar-refractivity contribution in [1.82, 2.24) is 4.90 Å². The van der Waals surface area contributed by atoms with Crippen LogP contribution < -0.4 is 5.63 Å². The van der Waals surface area contributed by atoms with Crippen LogP contribution in [-0.2, 0) is 6.54 Å². The van der Waals surface area contributed by atoms with Crippen LogP contribution >= 0.6 is 35.6 Å². The van der Waals surface area contributed by atoms with Crippen LogP contribution in [0.25, 0.3) is 22.1 Å². The van der Waals surface area contributed by atoms with Gasteiger partial charge in [-0.3, -0.25) is 4.90 Å². The first kappa shape index (κ1) is 21.6. The Morgan fingerprint density at radius 1 is 1.00 bits per heavy atom. The van der Waals surface area contributed by atoms with Gasteiger partial charge in [-0.05, 0) is 23.3 Å². The molecule has 0 bridgehead atoms. The maximum atomic E-state index is 12.2. The van der Waals surface area contributed by atoms with Crippen molar-refractivity contribution in [2.75, 3.05) is 24.8 Å². The predicted molar refractivity (Wildman–Crippen MR) is 114 cm³/mol. The number of phenolic OH excluding ortho intramolecular Hbond substituents is 1. The Balaban J connectivity index is 0.00000261. The van der Waals surface area contributed by atoms with Gasteiger partial charge in [-0.25, -0.2) is 4.79 Å². The SMILES string of the molecule is Cl.O=c1cc(-c2ccccc2)c2ccc(O)c(CN(CCCl)CCCl)c2o1. The molecule has 1 heterocycles. The third kappa shape index (κ3) is 4.96. The molecule has 4 nitrogen and oxygen atoms in total. The number of alkyl halides is 2. The lowest BCUT2D eigenvalue weighted by Crippen LogP contribution is -2.27. The molecule has 0 aliphatic carbocycles. The lowest BCUT2D eigenvalue weighted by atomic mass is 9.99. The normalized spacial score (nSPS) is 10.9. The lowest BCUT2D eigenvalue weighted by molar-refractivity contribution is 0.293. The molecule has 0 unspecified atom stereocenters. The van der Waals surface area contributed by atoms with Crippen LogP contribution in [0.15, 0.2) is 57.7 Å². The van der Waals surface area contributed by atoms with Crippen LogP contribution in [0.2, 0.25) is 0 Å². The summed E-state index contributed by atoms with van der Waals surface area (Å²) >= 11 is 11.7. The monoisotopic (exact) mass is 427 g/mol. The molecule has 0 aliphatic heterocycles. The van der Waals surface area contributed by atoms with Crippen molar-refractivity contribution in [3.8, 4) is 16.9 Å². The van der Waals surface area contributed by atoms with Crippen LogP contribution in [0, 0.1) is 0 Å². The smallest absolute Gasteiger partial charge is 0.336 e. The molecule has 3 aromatic rings. The van der Waals surface area contributed by atoms with E-state index in [1.165, 1.54) is 6.07 Å². The van der Waals surface area contributed by atoms with Crippen molar-refractivity contribution in [2.45, 2.75) is 6.54 Å². The fraction of sp³-hybridized carbons (Fsp3) is 0.250. The first-order chi connectivity index (χ1) is 12.6. The summed E-state index contributed by atoms with van der Waals surface area (Å²) in [4.78, 5) is 14.2. The van der Waals surface area contributed by atoms with E-state index in [0.29, 0.717) is 42.5 Å². The number of hydrogen-bond acceptors (Lipinski definition) is 4. The molecule has 0 saturated carbocycles. The molecule has 2 aromatic carbocycles. The highest BCUT2D eigenvalue weighted by Gasteiger charge is 2.17. The van der Waals surface area contributed by atoms with E-state index in [-0.39, 0.29) is 18.2 Å². The number of nitrogens with zero attached hydrogens (tertiary/aromatic N) is 1. The minimum atomic E-state index is -0.454. The Morgan fingerprint density at radius 2 is 1.67 bits per heavy atom. The van der Waals surface area contributed by atoms with E-state index in [4.69, 9.17) is 27.6 Å². The van der Waals surface area contributed by atoms with Gasteiger partial charge in [-0.1, -0.05) is 30.3 Å². The van der Waals surface area contributed by atoms with Crippen molar-refractivity contribution in [2.24, 2.45) is 0 Å². The summed E-state index contributed by atoms with van der Waals surface area (Å²) in [7, 11) is 0. The van der Waals surface area contributed by atoms with Gasteiger partial charge in [0.05, 0.1) is 5.56 Å². The third-order valence-electron chi connectivity index (χ3n) is 4.26.